The van der Waals surface area contributed by atoms with Gasteiger partial charge in [-0.15, -0.1) is 0 Å². The lowest BCUT2D eigenvalue weighted by Gasteiger charge is -2.13. The second kappa shape index (κ2) is 9.32. The lowest BCUT2D eigenvalue weighted by Crippen LogP contribution is -2.17. The Hall–Kier alpha value is -2.84. The van der Waals surface area contributed by atoms with Gasteiger partial charge in [-0.3, -0.25) is 9.59 Å². The molecule has 1 heterocycles. The molecule has 0 unspecified atom stereocenters. The number of hydrogen-bond donors (Lipinski definition) is 1. The molecular weight excluding hydrogens is 427 g/mol. The number of hydrogen-bond acceptors (Lipinski definition) is 4. The van der Waals surface area contributed by atoms with E-state index in [0.29, 0.717) is 22.8 Å². The van der Waals surface area contributed by atoms with Gasteiger partial charge >= 0.3 is 0 Å². The molecular formula is C21H20ClFN4O2S. The zero-order valence-corrected chi connectivity index (χ0v) is 18.2. The maximum Gasteiger partial charge on any atom is 0.286 e. The van der Waals surface area contributed by atoms with Gasteiger partial charge in [-0.05, 0) is 48.5 Å². The quantitative estimate of drug-likeness (QED) is 0.556. The first-order valence-corrected chi connectivity index (χ1v) is 10.2. The van der Waals surface area contributed by atoms with E-state index in [1.165, 1.54) is 21.7 Å². The molecule has 0 fully saturated rings. The van der Waals surface area contributed by atoms with Crippen LogP contribution in [0.15, 0.2) is 53.4 Å². The molecule has 156 valence electrons. The van der Waals surface area contributed by atoms with Crippen molar-refractivity contribution < 1.29 is 14.0 Å². The van der Waals surface area contributed by atoms with Gasteiger partial charge in [0, 0.05) is 19.0 Å². The van der Waals surface area contributed by atoms with Gasteiger partial charge in [0.2, 0.25) is 0 Å². The fourth-order valence-electron chi connectivity index (χ4n) is 2.71. The Morgan fingerprint density at radius 1 is 1.17 bits per heavy atom. The van der Waals surface area contributed by atoms with E-state index >= 15 is 0 Å². The highest BCUT2D eigenvalue weighted by molar-refractivity contribution is 8.13. The number of rotatable bonds is 5. The third-order valence-corrected chi connectivity index (χ3v) is 5.74. The first kappa shape index (κ1) is 21.9. The number of para-hydroxylation sites is 1. The molecule has 0 saturated heterocycles. The van der Waals surface area contributed by atoms with Crippen LogP contribution < -0.4 is 5.32 Å². The Labute approximate surface area is 183 Å². The number of aryl methyl sites for hydroxylation is 1. The Morgan fingerprint density at radius 3 is 2.50 bits per heavy atom. The largest absolute Gasteiger partial charge is 0.339 e. The second-order valence-electron chi connectivity index (χ2n) is 6.75. The number of carbonyl (C=O) groups is 2. The summed E-state index contributed by atoms with van der Waals surface area (Å²) in [4.78, 5) is 27.1. The standard InChI is InChI=1S/C21H20ClFN4O2S/c1-13-18(19(22)27(25-13)12-14-8-10-15(23)11-9-14)20(28)24-16-6-4-5-7-17(16)30-21(29)26(2)3/h4-11H,12H2,1-3H3,(H,24,28). The number of benzene rings is 2. The number of nitrogens with one attached hydrogen (secondary N) is 1. The van der Waals surface area contributed by atoms with Gasteiger partial charge in [0.15, 0.2) is 0 Å². The predicted molar refractivity (Wildman–Crippen MR) is 117 cm³/mol. The normalized spacial score (nSPS) is 10.7. The van der Waals surface area contributed by atoms with Crippen molar-refractivity contribution in [2.45, 2.75) is 18.4 Å². The summed E-state index contributed by atoms with van der Waals surface area (Å²) in [6.45, 7) is 2.00. The molecule has 2 aromatic carbocycles. The first-order valence-electron chi connectivity index (χ1n) is 9.03. The summed E-state index contributed by atoms with van der Waals surface area (Å²) >= 11 is 7.46. The van der Waals surface area contributed by atoms with Gasteiger partial charge in [0.1, 0.15) is 11.0 Å². The van der Waals surface area contributed by atoms with Gasteiger partial charge in [0.05, 0.1) is 23.5 Å². The van der Waals surface area contributed by atoms with Gasteiger partial charge < -0.3 is 10.2 Å². The molecule has 0 aliphatic rings. The number of halogens is 2. The predicted octanol–water partition coefficient (Wildman–Crippen LogP) is 5.06. The number of nitrogens with zero attached hydrogens (tertiary/aromatic N) is 3. The lowest BCUT2D eigenvalue weighted by atomic mass is 10.2. The fourth-order valence-corrected chi connectivity index (χ4v) is 3.77. The lowest BCUT2D eigenvalue weighted by molar-refractivity contribution is 0.102. The molecule has 1 N–H and O–H groups in total. The molecule has 0 bridgehead atoms. The number of amides is 2. The van der Waals surface area contributed by atoms with Crippen LogP contribution in [0.1, 0.15) is 21.6 Å². The second-order valence-corrected chi connectivity index (χ2v) is 8.10. The highest BCUT2D eigenvalue weighted by Gasteiger charge is 2.22. The molecule has 0 radical (unpaired) electrons. The van der Waals surface area contributed by atoms with Crippen molar-refractivity contribution in [3.05, 3.63) is 76.3 Å². The van der Waals surface area contributed by atoms with Crippen molar-refractivity contribution in [1.82, 2.24) is 14.7 Å². The van der Waals surface area contributed by atoms with Crippen LogP contribution in [0.5, 0.6) is 0 Å². The van der Waals surface area contributed by atoms with Crippen molar-refractivity contribution in [2.24, 2.45) is 0 Å². The van der Waals surface area contributed by atoms with E-state index in [-0.39, 0.29) is 21.8 Å². The highest BCUT2D eigenvalue weighted by atomic mass is 35.5. The fraction of sp³-hybridized carbons (Fsp3) is 0.190. The van der Waals surface area contributed by atoms with E-state index in [2.05, 4.69) is 10.4 Å². The maximum atomic E-state index is 13.1. The molecule has 6 nitrogen and oxygen atoms in total. The number of carbonyl (C=O) groups excluding carboxylic acids is 2. The van der Waals surface area contributed by atoms with Crippen molar-refractivity contribution in [1.29, 1.82) is 0 Å². The summed E-state index contributed by atoms with van der Waals surface area (Å²) in [5, 5.41) is 7.20. The SMILES string of the molecule is Cc1nn(Cc2ccc(F)cc2)c(Cl)c1C(=O)Nc1ccccc1SC(=O)N(C)C. The monoisotopic (exact) mass is 446 g/mol. The molecule has 3 aromatic rings. The van der Waals surface area contributed by atoms with Crippen molar-refractivity contribution in [2.75, 3.05) is 19.4 Å². The van der Waals surface area contributed by atoms with E-state index in [1.54, 1.807) is 57.4 Å². The van der Waals surface area contributed by atoms with E-state index in [0.717, 1.165) is 17.3 Å². The van der Waals surface area contributed by atoms with Crippen LogP contribution in [-0.2, 0) is 6.54 Å². The summed E-state index contributed by atoms with van der Waals surface area (Å²) in [6, 6.07) is 13.0. The molecule has 0 aliphatic carbocycles. The van der Waals surface area contributed by atoms with Crippen molar-refractivity contribution in [3.63, 3.8) is 0 Å². The number of anilines is 1. The van der Waals surface area contributed by atoms with Gasteiger partial charge in [0.25, 0.3) is 11.1 Å². The summed E-state index contributed by atoms with van der Waals surface area (Å²) in [6.07, 6.45) is 0. The molecule has 9 heteroatoms. The molecule has 0 saturated carbocycles. The van der Waals surface area contributed by atoms with Crippen LogP contribution in [0.4, 0.5) is 14.9 Å². The smallest absolute Gasteiger partial charge is 0.286 e. The Morgan fingerprint density at radius 2 is 1.83 bits per heavy atom. The highest BCUT2D eigenvalue weighted by Crippen LogP contribution is 2.30. The van der Waals surface area contributed by atoms with Crippen LogP contribution in [-0.4, -0.2) is 39.9 Å². The summed E-state index contributed by atoms with van der Waals surface area (Å²) in [5.41, 5.74) is 2.02. The summed E-state index contributed by atoms with van der Waals surface area (Å²) < 4.78 is 14.6. The van der Waals surface area contributed by atoms with E-state index in [4.69, 9.17) is 11.6 Å². The van der Waals surface area contributed by atoms with Crippen molar-refractivity contribution in [3.8, 4) is 0 Å². The van der Waals surface area contributed by atoms with Crippen LogP contribution in [0, 0.1) is 12.7 Å². The molecule has 0 spiro atoms. The number of aromatic nitrogens is 2. The zero-order valence-electron chi connectivity index (χ0n) is 16.6. The minimum absolute atomic E-state index is 0.155. The third-order valence-electron chi connectivity index (χ3n) is 4.24. The maximum absolute atomic E-state index is 13.1. The minimum atomic E-state index is -0.423. The van der Waals surface area contributed by atoms with E-state index < -0.39 is 5.91 Å². The van der Waals surface area contributed by atoms with E-state index in [9.17, 15) is 14.0 Å². The van der Waals surface area contributed by atoms with Crippen LogP contribution in [0.2, 0.25) is 5.15 Å². The van der Waals surface area contributed by atoms with Gasteiger partial charge in [-0.2, -0.15) is 5.10 Å². The average molecular weight is 447 g/mol. The van der Waals surface area contributed by atoms with Crippen LogP contribution in [0.25, 0.3) is 0 Å². The molecule has 0 aliphatic heterocycles. The molecule has 2 amide bonds. The molecule has 0 atom stereocenters. The van der Waals surface area contributed by atoms with Crippen molar-refractivity contribution >= 4 is 40.2 Å². The van der Waals surface area contributed by atoms with Crippen LogP contribution in [0.3, 0.4) is 0 Å². The van der Waals surface area contributed by atoms with Crippen LogP contribution >= 0.6 is 23.4 Å². The Bertz CT molecular complexity index is 1080. The Kier molecular flexibility index (Phi) is 6.79. The summed E-state index contributed by atoms with van der Waals surface area (Å²) in [7, 11) is 3.32. The van der Waals surface area contributed by atoms with Gasteiger partial charge in [-0.1, -0.05) is 35.9 Å². The molecule has 3 rings (SSSR count). The molecule has 30 heavy (non-hydrogen) atoms. The topological polar surface area (TPSA) is 67.2 Å². The van der Waals surface area contributed by atoms with Gasteiger partial charge in [-0.25, -0.2) is 9.07 Å². The zero-order chi connectivity index (χ0) is 21.8. The minimum Gasteiger partial charge on any atom is -0.339 e. The Balaban J connectivity index is 1.82. The van der Waals surface area contributed by atoms with E-state index in [1.807, 2.05) is 0 Å². The summed E-state index contributed by atoms with van der Waals surface area (Å²) in [5.74, 6) is -0.751. The average Bonchev–Trinajstić information content (AvgIpc) is 2.98. The molecule has 1 aromatic heterocycles. The first-order chi connectivity index (χ1) is 14.3. The third kappa shape index (κ3) is 5.01. The number of thioether (sulfide) groups is 1.